The van der Waals surface area contributed by atoms with Gasteiger partial charge in [-0.15, -0.1) is 24.0 Å². The number of halogens is 1. The fourth-order valence-electron chi connectivity index (χ4n) is 3.62. The van der Waals surface area contributed by atoms with Gasteiger partial charge in [0, 0.05) is 62.1 Å². The molecule has 0 amide bonds. The van der Waals surface area contributed by atoms with Crippen LogP contribution < -0.4 is 25.0 Å². The minimum absolute atomic E-state index is 0. The molecule has 178 valence electrons. The molecule has 7 nitrogen and oxygen atoms in total. The topological polar surface area (TPSA) is 61.4 Å². The Balaban J connectivity index is 0.00000480. The third-order valence-corrected chi connectivity index (χ3v) is 5.95. The molecular weight excluding hydrogens is 505 g/mol. The number of hydrogen-bond acceptors (Lipinski definition) is 5. The lowest BCUT2D eigenvalue weighted by molar-refractivity contribution is 0.259. The molecule has 31 heavy (non-hydrogen) atoms. The molecule has 1 unspecified atom stereocenters. The molecule has 0 saturated carbocycles. The number of ether oxygens (including phenoxy) is 2. The van der Waals surface area contributed by atoms with E-state index in [0.717, 1.165) is 75.1 Å². The zero-order valence-corrected chi connectivity index (χ0v) is 22.4. The van der Waals surface area contributed by atoms with Crippen LogP contribution in [0.25, 0.3) is 0 Å². The quantitative estimate of drug-likeness (QED) is 0.266. The maximum Gasteiger partial charge on any atom is 0.191 e. The van der Waals surface area contributed by atoms with Crippen LogP contribution in [0.2, 0.25) is 0 Å². The lowest BCUT2D eigenvalue weighted by Crippen LogP contribution is -2.49. The van der Waals surface area contributed by atoms with Crippen LogP contribution in [-0.2, 0) is 0 Å². The second kappa shape index (κ2) is 14.6. The van der Waals surface area contributed by atoms with Gasteiger partial charge in [0.05, 0.1) is 20.8 Å². The molecular formula is C23H42IN5O2. The molecule has 0 aliphatic carbocycles. The summed E-state index contributed by atoms with van der Waals surface area (Å²) in [6.45, 7) is 11.2. The number of hydrogen-bond donors (Lipinski definition) is 2. The number of aliphatic imine (C=N–C) groups is 1. The summed E-state index contributed by atoms with van der Waals surface area (Å²) in [5.41, 5.74) is 1.15. The van der Waals surface area contributed by atoms with Gasteiger partial charge in [-0.25, -0.2) is 0 Å². The summed E-state index contributed by atoms with van der Waals surface area (Å²) in [5.74, 6) is 2.58. The zero-order valence-electron chi connectivity index (χ0n) is 20.1. The van der Waals surface area contributed by atoms with Crippen LogP contribution in [-0.4, -0.2) is 76.9 Å². The van der Waals surface area contributed by atoms with Crippen molar-refractivity contribution in [1.29, 1.82) is 0 Å². The summed E-state index contributed by atoms with van der Waals surface area (Å²) in [5, 5.41) is 7.03. The van der Waals surface area contributed by atoms with E-state index in [1.807, 2.05) is 6.07 Å². The number of nitrogens with zero attached hydrogens (tertiary/aromatic N) is 3. The highest BCUT2D eigenvalue weighted by molar-refractivity contribution is 14.0. The Hall–Kier alpha value is -1.42. The first kappa shape index (κ1) is 27.6. The van der Waals surface area contributed by atoms with Gasteiger partial charge < -0.3 is 29.9 Å². The Labute approximate surface area is 206 Å². The number of nitrogens with one attached hydrogen (secondary N) is 2. The van der Waals surface area contributed by atoms with Gasteiger partial charge in [-0.1, -0.05) is 6.92 Å². The normalized spacial score (nSPS) is 16.0. The van der Waals surface area contributed by atoms with Gasteiger partial charge >= 0.3 is 0 Å². The van der Waals surface area contributed by atoms with E-state index in [-0.39, 0.29) is 24.0 Å². The molecule has 1 saturated heterocycles. The third-order valence-electron chi connectivity index (χ3n) is 5.95. The highest BCUT2D eigenvalue weighted by Gasteiger charge is 2.21. The van der Waals surface area contributed by atoms with Crippen molar-refractivity contribution in [2.24, 2.45) is 4.99 Å². The summed E-state index contributed by atoms with van der Waals surface area (Å²) in [7, 11) is 5.56. The Morgan fingerprint density at radius 2 is 1.77 bits per heavy atom. The predicted molar refractivity (Wildman–Crippen MR) is 142 cm³/mol. The first-order valence-corrected chi connectivity index (χ1v) is 11.2. The summed E-state index contributed by atoms with van der Waals surface area (Å²) in [6, 6.07) is 7.09. The van der Waals surface area contributed by atoms with Crippen molar-refractivity contribution < 1.29 is 9.47 Å². The first-order valence-electron chi connectivity index (χ1n) is 11.2. The molecule has 2 N–H and O–H groups in total. The van der Waals surface area contributed by atoms with Crippen molar-refractivity contribution in [3.63, 3.8) is 0 Å². The molecule has 0 aromatic heterocycles. The Morgan fingerprint density at radius 3 is 2.29 bits per heavy atom. The number of guanidine groups is 1. The van der Waals surface area contributed by atoms with Gasteiger partial charge in [0.2, 0.25) is 0 Å². The Bertz CT molecular complexity index is 643. The molecule has 0 bridgehead atoms. The van der Waals surface area contributed by atoms with Gasteiger partial charge in [-0.05, 0) is 40.2 Å². The number of rotatable bonds is 10. The number of piperidine rings is 1. The summed E-state index contributed by atoms with van der Waals surface area (Å²) < 4.78 is 10.8. The van der Waals surface area contributed by atoms with Gasteiger partial charge in [-0.2, -0.15) is 0 Å². The predicted octanol–water partition coefficient (Wildman–Crippen LogP) is 3.58. The molecule has 1 aliphatic rings. The second-order valence-electron chi connectivity index (χ2n) is 7.98. The van der Waals surface area contributed by atoms with Crippen LogP contribution in [0.1, 0.15) is 40.0 Å². The second-order valence-corrected chi connectivity index (χ2v) is 7.98. The Morgan fingerprint density at radius 1 is 1.16 bits per heavy atom. The number of likely N-dealkylation sites (N-methyl/N-ethyl adjacent to an activating group) is 1. The number of methoxy groups -OCH3 is 2. The molecule has 1 aromatic rings. The van der Waals surface area contributed by atoms with E-state index in [9.17, 15) is 0 Å². The van der Waals surface area contributed by atoms with E-state index in [4.69, 9.17) is 14.5 Å². The van der Waals surface area contributed by atoms with E-state index < -0.39 is 0 Å². The minimum Gasteiger partial charge on any atom is -0.497 e. The van der Waals surface area contributed by atoms with Crippen molar-refractivity contribution in [2.75, 3.05) is 58.9 Å². The molecule has 1 aliphatic heterocycles. The first-order chi connectivity index (χ1) is 14.5. The van der Waals surface area contributed by atoms with Crippen LogP contribution in [0.3, 0.4) is 0 Å². The summed E-state index contributed by atoms with van der Waals surface area (Å²) in [6.07, 6.45) is 3.30. The maximum atomic E-state index is 5.42. The SMILES string of the molecule is CCNC(=NCCN(C)C(C)CC)NC1CCN(c2cc(OC)cc(OC)c2)CC1.I. The standard InChI is InChI=1S/C23H41N5O2.HI/c1-7-18(3)27(4)14-11-25-23(24-8-2)26-19-9-12-28(13-10-19)20-15-21(29-5)17-22(16-20)30-6;/h15-19H,7-14H2,1-6H3,(H2,24,25,26);1H. The average Bonchev–Trinajstić information content (AvgIpc) is 2.78. The lowest BCUT2D eigenvalue weighted by Gasteiger charge is -2.35. The van der Waals surface area contributed by atoms with Crippen LogP contribution >= 0.6 is 24.0 Å². The smallest absolute Gasteiger partial charge is 0.191 e. The summed E-state index contributed by atoms with van der Waals surface area (Å²) in [4.78, 5) is 9.56. The van der Waals surface area contributed by atoms with Gasteiger partial charge in [0.1, 0.15) is 11.5 Å². The van der Waals surface area contributed by atoms with Gasteiger partial charge in [-0.3, -0.25) is 4.99 Å². The van der Waals surface area contributed by atoms with Crippen LogP contribution in [0, 0.1) is 0 Å². The van der Waals surface area contributed by atoms with Crippen molar-refractivity contribution in [1.82, 2.24) is 15.5 Å². The third kappa shape index (κ3) is 8.92. The van der Waals surface area contributed by atoms with Gasteiger partial charge in [0.15, 0.2) is 5.96 Å². The van der Waals surface area contributed by atoms with E-state index in [0.29, 0.717) is 12.1 Å². The maximum absolute atomic E-state index is 5.42. The largest absolute Gasteiger partial charge is 0.497 e. The molecule has 1 aromatic carbocycles. The fraction of sp³-hybridized carbons (Fsp3) is 0.696. The highest BCUT2D eigenvalue weighted by Crippen LogP contribution is 2.30. The molecule has 2 rings (SSSR count). The van der Waals surface area contributed by atoms with E-state index >= 15 is 0 Å². The van der Waals surface area contributed by atoms with Crippen molar-refractivity contribution in [3.05, 3.63) is 18.2 Å². The lowest BCUT2D eigenvalue weighted by atomic mass is 10.0. The van der Waals surface area contributed by atoms with Crippen molar-refractivity contribution in [3.8, 4) is 11.5 Å². The Kier molecular flexibility index (Phi) is 13.0. The molecule has 0 radical (unpaired) electrons. The number of anilines is 1. The van der Waals surface area contributed by atoms with Crippen LogP contribution in [0.5, 0.6) is 11.5 Å². The van der Waals surface area contributed by atoms with E-state index in [1.54, 1.807) is 14.2 Å². The molecule has 1 heterocycles. The molecule has 1 fully saturated rings. The average molecular weight is 548 g/mol. The molecule has 1 atom stereocenters. The molecule has 8 heteroatoms. The highest BCUT2D eigenvalue weighted by atomic mass is 127. The monoisotopic (exact) mass is 547 g/mol. The van der Waals surface area contributed by atoms with E-state index in [2.05, 4.69) is 60.4 Å². The minimum atomic E-state index is 0. The van der Waals surface area contributed by atoms with Crippen molar-refractivity contribution in [2.45, 2.75) is 52.1 Å². The van der Waals surface area contributed by atoms with Gasteiger partial charge in [0.25, 0.3) is 0 Å². The molecule has 0 spiro atoms. The van der Waals surface area contributed by atoms with Crippen molar-refractivity contribution >= 4 is 35.6 Å². The number of benzene rings is 1. The fourth-order valence-corrected chi connectivity index (χ4v) is 3.62. The van der Waals surface area contributed by atoms with E-state index in [1.165, 1.54) is 0 Å². The van der Waals surface area contributed by atoms with Crippen LogP contribution in [0.15, 0.2) is 23.2 Å². The summed E-state index contributed by atoms with van der Waals surface area (Å²) >= 11 is 0. The zero-order chi connectivity index (χ0) is 21.9. The van der Waals surface area contributed by atoms with Crippen LogP contribution in [0.4, 0.5) is 5.69 Å².